The Morgan fingerprint density at radius 2 is 2.29 bits per heavy atom. The number of aromatic nitrogens is 1. The molecule has 0 aliphatic carbocycles. The van der Waals surface area contributed by atoms with Crippen molar-refractivity contribution in [2.24, 2.45) is 0 Å². The summed E-state index contributed by atoms with van der Waals surface area (Å²) >= 11 is 0. The molecule has 0 saturated heterocycles. The lowest BCUT2D eigenvalue weighted by molar-refractivity contribution is -0.118. The molecule has 0 saturated carbocycles. The van der Waals surface area contributed by atoms with Crippen molar-refractivity contribution in [3.8, 4) is 6.07 Å². The number of carbonyl (C=O) groups is 1. The molecule has 0 radical (unpaired) electrons. The molecule has 0 aromatic carbocycles. The van der Waals surface area contributed by atoms with Gasteiger partial charge in [-0.25, -0.2) is 4.98 Å². The van der Waals surface area contributed by atoms with Crippen LogP contribution in [-0.4, -0.2) is 38.8 Å². The fourth-order valence-electron chi connectivity index (χ4n) is 1.92. The summed E-state index contributed by atoms with van der Waals surface area (Å²) in [5.74, 6) is 0.537. The zero-order valence-electron chi connectivity index (χ0n) is 12.6. The first-order chi connectivity index (χ1) is 9.90. The van der Waals surface area contributed by atoms with Crippen LogP contribution in [0.4, 0.5) is 11.5 Å². The van der Waals surface area contributed by atoms with Gasteiger partial charge in [-0.3, -0.25) is 9.69 Å². The highest BCUT2D eigenvalue weighted by atomic mass is 28.3. The molecule has 7 heteroatoms. The maximum absolute atomic E-state index is 12.0. The summed E-state index contributed by atoms with van der Waals surface area (Å²) in [7, 11) is -1.14. The van der Waals surface area contributed by atoms with Gasteiger partial charge in [-0.15, -0.1) is 0 Å². The predicted molar refractivity (Wildman–Crippen MR) is 83.9 cm³/mol. The van der Waals surface area contributed by atoms with Gasteiger partial charge in [-0.1, -0.05) is 19.6 Å². The van der Waals surface area contributed by atoms with E-state index in [-0.39, 0.29) is 19.2 Å². The molecule has 1 aliphatic rings. The van der Waals surface area contributed by atoms with Crippen LogP contribution >= 0.6 is 0 Å². The summed E-state index contributed by atoms with van der Waals surface area (Å²) in [6.45, 7) is 7.89. The summed E-state index contributed by atoms with van der Waals surface area (Å²) in [4.78, 5) is 17.7. The van der Waals surface area contributed by atoms with Crippen molar-refractivity contribution in [3.63, 3.8) is 0 Å². The van der Waals surface area contributed by atoms with Crippen LogP contribution in [0.1, 0.15) is 5.56 Å². The fourth-order valence-corrected chi connectivity index (χ4v) is 2.68. The number of fused-ring (bicyclic) bond motifs is 1. The second kappa shape index (κ2) is 6.24. The van der Waals surface area contributed by atoms with Gasteiger partial charge in [0.25, 0.3) is 0 Å². The SMILES string of the molecule is C[Si](C)(C)CCOCN1C(=O)CNc2ncc(C#N)cc21. The molecule has 0 unspecified atom stereocenters. The number of nitriles is 1. The second-order valence-electron chi connectivity index (χ2n) is 6.23. The predicted octanol–water partition coefficient (Wildman–Crippen LogP) is 2.02. The van der Waals surface area contributed by atoms with E-state index in [0.29, 0.717) is 23.7 Å². The van der Waals surface area contributed by atoms with Crippen molar-refractivity contribution in [2.45, 2.75) is 25.7 Å². The highest BCUT2D eigenvalue weighted by Gasteiger charge is 2.25. The third-order valence-corrected chi connectivity index (χ3v) is 4.92. The Bertz CT molecular complexity index is 577. The molecule has 0 bridgehead atoms. The third-order valence-electron chi connectivity index (χ3n) is 3.21. The quantitative estimate of drug-likeness (QED) is 0.665. The summed E-state index contributed by atoms with van der Waals surface area (Å²) in [6, 6.07) is 4.75. The van der Waals surface area contributed by atoms with Crippen LogP contribution in [-0.2, 0) is 9.53 Å². The highest BCUT2D eigenvalue weighted by Crippen LogP contribution is 2.28. The molecule has 0 atom stereocenters. The lowest BCUT2D eigenvalue weighted by Gasteiger charge is -2.29. The van der Waals surface area contributed by atoms with Gasteiger partial charge >= 0.3 is 0 Å². The molecule has 21 heavy (non-hydrogen) atoms. The molecular formula is C14H20N4O2Si. The van der Waals surface area contributed by atoms with Gasteiger partial charge in [0.15, 0.2) is 5.82 Å². The number of amides is 1. The summed E-state index contributed by atoms with van der Waals surface area (Å²) < 4.78 is 5.65. The third kappa shape index (κ3) is 4.03. The Morgan fingerprint density at radius 3 is 2.95 bits per heavy atom. The Balaban J connectivity index is 2.06. The van der Waals surface area contributed by atoms with E-state index in [1.165, 1.54) is 6.20 Å². The van der Waals surface area contributed by atoms with Gasteiger partial charge in [0.1, 0.15) is 12.8 Å². The number of pyridine rings is 1. The number of anilines is 2. The van der Waals surface area contributed by atoms with Crippen LogP contribution < -0.4 is 10.2 Å². The number of hydrogen-bond donors (Lipinski definition) is 1. The largest absolute Gasteiger partial charge is 0.361 e. The Kier molecular flexibility index (Phi) is 4.60. The number of nitrogens with one attached hydrogen (secondary N) is 1. The van der Waals surface area contributed by atoms with Crippen molar-refractivity contribution in [1.29, 1.82) is 5.26 Å². The van der Waals surface area contributed by atoms with E-state index in [9.17, 15) is 4.79 Å². The molecular weight excluding hydrogens is 284 g/mol. The molecule has 6 nitrogen and oxygen atoms in total. The van der Waals surface area contributed by atoms with Gasteiger partial charge in [-0.2, -0.15) is 5.26 Å². The number of hydrogen-bond acceptors (Lipinski definition) is 5. The van der Waals surface area contributed by atoms with Gasteiger partial charge in [0.2, 0.25) is 5.91 Å². The first-order valence-corrected chi connectivity index (χ1v) is 10.6. The fraction of sp³-hybridized carbons (Fsp3) is 0.500. The minimum absolute atomic E-state index is 0.0765. The minimum Gasteiger partial charge on any atom is -0.361 e. The molecule has 2 rings (SSSR count). The standard InChI is InChI=1S/C14H20N4O2Si/c1-21(2,3)5-4-20-10-18-12-6-11(7-15)8-16-14(12)17-9-13(18)19/h6,8H,4-5,9-10H2,1-3H3,(H,16,17). The van der Waals surface area contributed by atoms with Crippen molar-refractivity contribution in [3.05, 3.63) is 17.8 Å². The molecule has 1 amide bonds. The normalized spacial score (nSPS) is 14.4. The first-order valence-electron chi connectivity index (χ1n) is 6.93. The van der Waals surface area contributed by atoms with E-state index in [4.69, 9.17) is 10.00 Å². The number of ether oxygens (including phenoxy) is 1. The minimum atomic E-state index is -1.14. The number of rotatable bonds is 5. The number of nitrogens with zero attached hydrogens (tertiary/aromatic N) is 3. The smallest absolute Gasteiger partial charge is 0.248 e. The Morgan fingerprint density at radius 1 is 1.52 bits per heavy atom. The van der Waals surface area contributed by atoms with E-state index < -0.39 is 8.07 Å². The Labute approximate surface area is 125 Å². The Hall–Kier alpha value is -1.91. The van der Waals surface area contributed by atoms with Crippen molar-refractivity contribution < 1.29 is 9.53 Å². The molecule has 1 aromatic heterocycles. The lowest BCUT2D eigenvalue weighted by Crippen LogP contribution is -2.42. The van der Waals surface area contributed by atoms with Crippen LogP contribution in [0.25, 0.3) is 0 Å². The average Bonchev–Trinajstić information content (AvgIpc) is 2.43. The molecule has 1 N–H and O–H groups in total. The molecule has 2 heterocycles. The summed E-state index contributed by atoms with van der Waals surface area (Å²) in [5, 5.41) is 11.9. The molecule has 1 aliphatic heterocycles. The average molecular weight is 304 g/mol. The first kappa shape index (κ1) is 15.5. The van der Waals surface area contributed by atoms with E-state index in [1.54, 1.807) is 11.0 Å². The van der Waals surface area contributed by atoms with E-state index >= 15 is 0 Å². The van der Waals surface area contributed by atoms with Crippen LogP contribution in [0.2, 0.25) is 25.7 Å². The number of carbonyl (C=O) groups excluding carboxylic acids is 1. The highest BCUT2D eigenvalue weighted by molar-refractivity contribution is 6.76. The van der Waals surface area contributed by atoms with Gasteiger partial charge in [0.05, 0.1) is 17.8 Å². The van der Waals surface area contributed by atoms with Crippen LogP contribution in [0.5, 0.6) is 0 Å². The van der Waals surface area contributed by atoms with Crippen LogP contribution in [0.3, 0.4) is 0 Å². The zero-order chi connectivity index (χ0) is 15.5. The van der Waals surface area contributed by atoms with Crippen LogP contribution in [0.15, 0.2) is 12.3 Å². The monoisotopic (exact) mass is 304 g/mol. The van der Waals surface area contributed by atoms with Crippen molar-refractivity contribution in [2.75, 3.05) is 30.1 Å². The zero-order valence-corrected chi connectivity index (χ0v) is 13.6. The van der Waals surface area contributed by atoms with Crippen LogP contribution in [0, 0.1) is 11.3 Å². The lowest BCUT2D eigenvalue weighted by atomic mass is 10.2. The summed E-state index contributed by atoms with van der Waals surface area (Å²) in [6.07, 6.45) is 1.49. The second-order valence-corrected chi connectivity index (χ2v) is 11.8. The van der Waals surface area contributed by atoms with Gasteiger partial charge < -0.3 is 10.1 Å². The summed E-state index contributed by atoms with van der Waals surface area (Å²) in [5.41, 5.74) is 1.04. The maximum atomic E-state index is 12.0. The van der Waals surface area contributed by atoms with Gasteiger partial charge in [0, 0.05) is 20.9 Å². The van der Waals surface area contributed by atoms with E-state index in [0.717, 1.165) is 6.04 Å². The molecule has 0 spiro atoms. The molecule has 1 aromatic rings. The topological polar surface area (TPSA) is 78.2 Å². The van der Waals surface area contributed by atoms with E-state index in [2.05, 4.69) is 29.9 Å². The van der Waals surface area contributed by atoms with Gasteiger partial charge in [-0.05, 0) is 12.1 Å². The molecule has 0 fully saturated rings. The van der Waals surface area contributed by atoms with E-state index in [1.807, 2.05) is 6.07 Å². The van der Waals surface area contributed by atoms with Crippen molar-refractivity contribution >= 4 is 25.5 Å². The maximum Gasteiger partial charge on any atom is 0.248 e. The van der Waals surface area contributed by atoms with Crippen molar-refractivity contribution in [1.82, 2.24) is 4.98 Å². The molecule has 112 valence electrons.